The van der Waals surface area contributed by atoms with Gasteiger partial charge in [-0.05, 0) is 49.9 Å². The number of hydrogen-bond acceptors (Lipinski definition) is 2. The van der Waals surface area contributed by atoms with Gasteiger partial charge in [0.25, 0.3) is 0 Å². The van der Waals surface area contributed by atoms with Gasteiger partial charge < -0.3 is 0 Å². The zero-order valence-corrected chi connectivity index (χ0v) is 10.8. The van der Waals surface area contributed by atoms with E-state index in [1.165, 1.54) is 12.8 Å². The van der Waals surface area contributed by atoms with E-state index in [1.54, 1.807) is 4.31 Å². The van der Waals surface area contributed by atoms with E-state index in [2.05, 4.69) is 6.92 Å². The van der Waals surface area contributed by atoms with E-state index < -0.39 is 10.0 Å². The number of rotatable bonds is 3. The van der Waals surface area contributed by atoms with Crippen LogP contribution in [0, 0.1) is 11.3 Å². The van der Waals surface area contributed by atoms with Gasteiger partial charge >= 0.3 is 0 Å². The SMILES string of the molecule is CC1(C2CC2)CCN(S(=O)(=O)C2CC2)CC1. The van der Waals surface area contributed by atoms with Gasteiger partial charge in [0.05, 0.1) is 5.25 Å². The summed E-state index contributed by atoms with van der Waals surface area (Å²) in [6.45, 7) is 3.89. The van der Waals surface area contributed by atoms with Crippen LogP contribution in [0.5, 0.6) is 0 Å². The molecule has 0 radical (unpaired) electrons. The Morgan fingerprint density at radius 3 is 2.06 bits per heavy atom. The maximum absolute atomic E-state index is 12.1. The number of hydrogen-bond donors (Lipinski definition) is 0. The highest BCUT2D eigenvalue weighted by Gasteiger charge is 2.47. The van der Waals surface area contributed by atoms with Gasteiger partial charge in [0.2, 0.25) is 10.0 Å². The summed E-state index contributed by atoms with van der Waals surface area (Å²) in [5.74, 6) is 0.887. The molecule has 16 heavy (non-hydrogen) atoms. The van der Waals surface area contributed by atoms with Crippen LogP contribution in [-0.4, -0.2) is 31.1 Å². The highest BCUT2D eigenvalue weighted by atomic mass is 32.2. The zero-order valence-electron chi connectivity index (χ0n) is 9.98. The Hall–Kier alpha value is -0.0900. The number of piperidine rings is 1. The second-order valence-electron chi connectivity index (χ2n) is 6.07. The molecule has 3 rings (SSSR count). The summed E-state index contributed by atoms with van der Waals surface area (Å²) < 4.78 is 25.9. The maximum Gasteiger partial charge on any atom is 0.216 e. The van der Waals surface area contributed by atoms with Crippen molar-refractivity contribution in [2.75, 3.05) is 13.1 Å². The molecule has 0 N–H and O–H groups in total. The summed E-state index contributed by atoms with van der Waals surface area (Å²) in [4.78, 5) is 0. The van der Waals surface area contributed by atoms with Gasteiger partial charge in [-0.15, -0.1) is 0 Å². The number of nitrogens with zero attached hydrogens (tertiary/aromatic N) is 1. The van der Waals surface area contributed by atoms with Gasteiger partial charge in [-0.3, -0.25) is 0 Å². The van der Waals surface area contributed by atoms with Crippen LogP contribution in [-0.2, 0) is 10.0 Å². The molecular weight excluding hydrogens is 222 g/mol. The molecule has 0 aromatic carbocycles. The smallest absolute Gasteiger partial charge is 0.212 e. The molecule has 2 aliphatic carbocycles. The van der Waals surface area contributed by atoms with Crippen molar-refractivity contribution in [2.45, 2.75) is 50.7 Å². The third-order valence-electron chi connectivity index (χ3n) is 4.73. The summed E-state index contributed by atoms with van der Waals surface area (Å²) >= 11 is 0. The molecular formula is C12H21NO2S. The van der Waals surface area contributed by atoms with Crippen molar-refractivity contribution in [3.8, 4) is 0 Å². The summed E-state index contributed by atoms with van der Waals surface area (Å²) in [6.07, 6.45) is 6.66. The van der Waals surface area contributed by atoms with Crippen LogP contribution in [0.3, 0.4) is 0 Å². The van der Waals surface area contributed by atoms with Gasteiger partial charge in [0, 0.05) is 13.1 Å². The minimum atomic E-state index is -2.91. The molecule has 1 aliphatic heterocycles. The molecule has 3 fully saturated rings. The molecule has 0 aromatic heterocycles. The van der Waals surface area contributed by atoms with Crippen molar-refractivity contribution in [3.05, 3.63) is 0 Å². The van der Waals surface area contributed by atoms with Crippen LogP contribution in [0.2, 0.25) is 0 Å². The third kappa shape index (κ3) is 1.80. The molecule has 0 amide bonds. The lowest BCUT2D eigenvalue weighted by Gasteiger charge is -2.39. The molecule has 0 atom stereocenters. The van der Waals surface area contributed by atoms with Crippen molar-refractivity contribution in [1.29, 1.82) is 0 Å². The minimum absolute atomic E-state index is 0.0298. The lowest BCUT2D eigenvalue weighted by atomic mass is 9.77. The van der Waals surface area contributed by atoms with E-state index in [1.807, 2.05) is 0 Å². The van der Waals surface area contributed by atoms with Gasteiger partial charge in [0.15, 0.2) is 0 Å². The number of sulfonamides is 1. The largest absolute Gasteiger partial charge is 0.216 e. The Bertz CT molecular complexity index is 374. The van der Waals surface area contributed by atoms with Gasteiger partial charge in [-0.2, -0.15) is 0 Å². The normalized spacial score (nSPS) is 31.6. The molecule has 1 heterocycles. The lowest BCUT2D eigenvalue weighted by Crippen LogP contribution is -2.44. The highest BCUT2D eigenvalue weighted by Crippen LogP contribution is 2.51. The maximum atomic E-state index is 12.1. The first-order valence-electron chi connectivity index (χ1n) is 6.51. The predicted molar refractivity (Wildman–Crippen MR) is 63.6 cm³/mol. The minimum Gasteiger partial charge on any atom is -0.212 e. The summed E-state index contributed by atoms with van der Waals surface area (Å²) in [7, 11) is -2.91. The van der Waals surface area contributed by atoms with E-state index in [0.29, 0.717) is 5.41 Å². The molecule has 3 aliphatic rings. The first-order valence-corrected chi connectivity index (χ1v) is 8.02. The third-order valence-corrected chi connectivity index (χ3v) is 7.13. The van der Waals surface area contributed by atoms with Crippen molar-refractivity contribution in [3.63, 3.8) is 0 Å². The van der Waals surface area contributed by atoms with Gasteiger partial charge in [-0.1, -0.05) is 6.92 Å². The van der Waals surface area contributed by atoms with E-state index in [9.17, 15) is 8.42 Å². The van der Waals surface area contributed by atoms with E-state index in [-0.39, 0.29) is 5.25 Å². The Balaban J connectivity index is 1.65. The molecule has 2 saturated carbocycles. The van der Waals surface area contributed by atoms with E-state index in [4.69, 9.17) is 0 Å². The molecule has 1 saturated heterocycles. The predicted octanol–water partition coefficient (Wildman–Crippen LogP) is 1.99. The standard InChI is InChI=1S/C12H21NO2S/c1-12(10-2-3-10)6-8-13(9-7-12)16(14,15)11-4-5-11/h10-11H,2-9H2,1H3. The lowest BCUT2D eigenvalue weighted by molar-refractivity contribution is 0.147. The molecule has 92 valence electrons. The molecule has 0 unspecified atom stereocenters. The van der Waals surface area contributed by atoms with Crippen LogP contribution < -0.4 is 0 Å². The average molecular weight is 243 g/mol. The quantitative estimate of drug-likeness (QED) is 0.760. The molecule has 0 bridgehead atoms. The highest BCUT2D eigenvalue weighted by molar-refractivity contribution is 7.90. The zero-order chi connectivity index (χ0) is 11.4. The van der Waals surface area contributed by atoms with Crippen LogP contribution in [0.1, 0.15) is 45.4 Å². The van der Waals surface area contributed by atoms with E-state index >= 15 is 0 Å². The van der Waals surface area contributed by atoms with Crippen molar-refractivity contribution in [2.24, 2.45) is 11.3 Å². The topological polar surface area (TPSA) is 37.4 Å². The molecule has 4 heteroatoms. The summed E-state index contributed by atoms with van der Waals surface area (Å²) in [5.41, 5.74) is 0.440. The fraction of sp³-hybridized carbons (Fsp3) is 1.00. The molecule has 0 spiro atoms. The molecule has 3 nitrogen and oxygen atoms in total. The Labute approximate surface area is 98.3 Å². The fourth-order valence-corrected chi connectivity index (χ4v) is 4.86. The van der Waals surface area contributed by atoms with Crippen LogP contribution in [0.4, 0.5) is 0 Å². The average Bonchev–Trinajstić information content (AvgIpc) is 3.08. The van der Waals surface area contributed by atoms with E-state index in [0.717, 1.165) is 44.7 Å². The Morgan fingerprint density at radius 2 is 1.62 bits per heavy atom. The fourth-order valence-electron chi connectivity index (χ4n) is 3.02. The van der Waals surface area contributed by atoms with Crippen LogP contribution in [0.15, 0.2) is 0 Å². The first-order chi connectivity index (χ1) is 7.52. The van der Waals surface area contributed by atoms with Gasteiger partial charge in [0.1, 0.15) is 0 Å². The second kappa shape index (κ2) is 3.45. The van der Waals surface area contributed by atoms with Crippen LogP contribution in [0.25, 0.3) is 0 Å². The molecule has 0 aromatic rings. The Morgan fingerprint density at radius 1 is 1.06 bits per heavy atom. The monoisotopic (exact) mass is 243 g/mol. The van der Waals surface area contributed by atoms with Crippen molar-refractivity contribution in [1.82, 2.24) is 4.31 Å². The van der Waals surface area contributed by atoms with Crippen molar-refractivity contribution >= 4 is 10.0 Å². The van der Waals surface area contributed by atoms with Gasteiger partial charge in [-0.25, -0.2) is 12.7 Å². The second-order valence-corrected chi connectivity index (χ2v) is 8.28. The summed E-state index contributed by atoms with van der Waals surface area (Å²) in [5, 5.41) is -0.0298. The van der Waals surface area contributed by atoms with Crippen LogP contribution >= 0.6 is 0 Å². The summed E-state index contributed by atoms with van der Waals surface area (Å²) in [6, 6.07) is 0. The van der Waals surface area contributed by atoms with Crippen molar-refractivity contribution < 1.29 is 8.42 Å². The first kappa shape index (κ1) is 11.0. The Kier molecular flexibility index (Phi) is 2.38.